The zero-order chi connectivity index (χ0) is 20.9. The second-order valence-corrected chi connectivity index (χ2v) is 37.3. The summed E-state index contributed by atoms with van der Waals surface area (Å²) in [5.74, 6) is 0. The highest BCUT2D eigenvalue weighted by molar-refractivity contribution is 7.86. The molecule has 0 saturated carbocycles. The van der Waals surface area contributed by atoms with Crippen LogP contribution in [0.15, 0.2) is 12.1 Å². The van der Waals surface area contributed by atoms with Gasteiger partial charge in [0.05, 0.1) is 15.2 Å². The van der Waals surface area contributed by atoms with E-state index in [0.29, 0.717) is 0 Å². The second kappa shape index (κ2) is 6.99. The molecule has 0 saturated heterocycles. The van der Waals surface area contributed by atoms with Crippen LogP contribution in [0.2, 0.25) is 39.3 Å². The highest BCUT2D eigenvalue weighted by atomic mass is 29.6. The molecular formula is C21H38O2Si3. The van der Waals surface area contributed by atoms with Gasteiger partial charge in [0.1, 0.15) is 10.8 Å². The minimum absolute atomic E-state index is 0.228. The Morgan fingerprint density at radius 2 is 1.12 bits per heavy atom. The zero-order valence-corrected chi connectivity index (χ0v) is 22.0. The number of carbonyl (C=O) groups is 2. The molecule has 0 unspecified atom stereocenters. The van der Waals surface area contributed by atoms with E-state index in [1.165, 1.54) is 5.56 Å². The van der Waals surface area contributed by atoms with Gasteiger partial charge < -0.3 is 9.59 Å². The largest absolute Gasteiger partial charge is 0.305 e. The first-order valence-corrected chi connectivity index (χ1v) is 20.6. The van der Waals surface area contributed by atoms with E-state index in [0.717, 1.165) is 16.7 Å². The van der Waals surface area contributed by atoms with Crippen LogP contribution >= 0.6 is 0 Å². The Morgan fingerprint density at radius 3 is 1.38 bits per heavy atom. The van der Waals surface area contributed by atoms with E-state index < -0.39 is 27.7 Å². The van der Waals surface area contributed by atoms with Crippen LogP contribution in [-0.2, 0) is 4.79 Å². The number of benzene rings is 1. The van der Waals surface area contributed by atoms with E-state index in [2.05, 4.69) is 58.3 Å². The minimum atomic E-state index is -2.86. The molecule has 0 aromatic heterocycles. The predicted octanol–water partition coefficient (Wildman–Crippen LogP) is 5.77. The van der Waals surface area contributed by atoms with Gasteiger partial charge in [-0.3, -0.25) is 0 Å². The molecule has 0 fully saturated rings. The Labute approximate surface area is 163 Å². The molecule has 0 radical (unpaired) electrons. The number of carbonyl (C=O) groups excluding carboxylic acids is 2. The Bertz CT molecular complexity index is 692. The summed E-state index contributed by atoms with van der Waals surface area (Å²) in [4.78, 5) is 28.3. The molecule has 0 bridgehead atoms. The number of hydrogen-bond donors (Lipinski definition) is 0. The molecule has 0 aliphatic carbocycles. The van der Waals surface area contributed by atoms with Crippen LogP contribution in [0.25, 0.3) is 0 Å². The summed E-state index contributed by atoms with van der Waals surface area (Å²) in [5, 5.41) is 0.512. The molecule has 5 heteroatoms. The van der Waals surface area contributed by atoms with Gasteiger partial charge in [0.2, 0.25) is 0 Å². The molecule has 0 heterocycles. The molecule has 26 heavy (non-hydrogen) atoms. The quantitative estimate of drug-likeness (QED) is 0.582. The van der Waals surface area contributed by atoms with Crippen molar-refractivity contribution in [2.75, 3.05) is 0 Å². The minimum Gasteiger partial charge on any atom is -0.305 e. The van der Waals surface area contributed by atoms with Crippen LogP contribution in [0.1, 0.15) is 47.8 Å². The monoisotopic (exact) mass is 406 g/mol. The van der Waals surface area contributed by atoms with E-state index in [9.17, 15) is 9.59 Å². The lowest BCUT2D eigenvalue weighted by Gasteiger charge is -2.49. The summed E-state index contributed by atoms with van der Waals surface area (Å²) in [5.41, 5.74) is 3.59. The Balaban J connectivity index is 4.00. The lowest BCUT2D eigenvalue weighted by atomic mass is 9.99. The molecule has 1 aromatic rings. The smallest absolute Gasteiger partial charge is 0.197 e. The normalized spacial score (nSPS) is 13.7. The highest BCUT2D eigenvalue weighted by Gasteiger charge is 2.67. The third-order valence-electron chi connectivity index (χ3n) is 5.52. The maximum Gasteiger partial charge on any atom is 0.197 e. The van der Waals surface area contributed by atoms with Crippen molar-refractivity contribution in [1.29, 1.82) is 0 Å². The molecule has 1 aromatic carbocycles. The third-order valence-corrected chi connectivity index (χ3v) is 42.1. The SMILES string of the molecule is Cc1cc(C)c(C(=O)[Si](C(=O)C(C)(C)C)([Si](C)(C)C)[Si](C)(C)C)c(C)c1. The topological polar surface area (TPSA) is 34.1 Å². The van der Waals surface area contributed by atoms with Crippen LogP contribution in [0.5, 0.6) is 0 Å². The van der Waals surface area contributed by atoms with Gasteiger partial charge in [0.25, 0.3) is 0 Å². The van der Waals surface area contributed by atoms with Gasteiger partial charge in [-0.2, -0.15) is 0 Å². The number of aryl methyl sites for hydroxylation is 3. The fourth-order valence-corrected chi connectivity index (χ4v) is 50.1. The first-order valence-electron chi connectivity index (χ1n) is 9.56. The van der Waals surface area contributed by atoms with Gasteiger partial charge in [0.15, 0.2) is 7.11 Å². The number of rotatable bonds is 5. The molecule has 2 nitrogen and oxygen atoms in total. The maximum absolute atomic E-state index is 14.3. The van der Waals surface area contributed by atoms with Gasteiger partial charge >= 0.3 is 0 Å². The Kier molecular flexibility index (Phi) is 6.25. The fraction of sp³-hybridized carbons (Fsp3) is 0.619. The van der Waals surface area contributed by atoms with E-state index >= 15 is 0 Å². The fourth-order valence-electron chi connectivity index (χ4n) is 4.88. The molecule has 0 aliphatic heterocycles. The summed E-state index contributed by atoms with van der Waals surface area (Å²) >= 11 is 0. The number of hydrogen-bond acceptors (Lipinski definition) is 2. The van der Waals surface area contributed by atoms with Crippen LogP contribution in [0, 0.1) is 26.2 Å². The van der Waals surface area contributed by atoms with Gasteiger partial charge in [-0.05, 0) is 31.9 Å². The van der Waals surface area contributed by atoms with Crippen molar-refractivity contribution < 1.29 is 9.59 Å². The van der Waals surface area contributed by atoms with Crippen molar-refractivity contribution in [3.63, 3.8) is 0 Å². The molecular weight excluding hydrogens is 368 g/mol. The van der Waals surface area contributed by atoms with Crippen LogP contribution in [0.4, 0.5) is 0 Å². The van der Waals surface area contributed by atoms with Gasteiger partial charge in [-0.25, -0.2) is 0 Å². The first-order chi connectivity index (χ1) is 11.4. The van der Waals surface area contributed by atoms with Crippen molar-refractivity contribution in [3.8, 4) is 0 Å². The van der Waals surface area contributed by atoms with Crippen molar-refractivity contribution >= 4 is 33.1 Å². The van der Waals surface area contributed by atoms with Crippen LogP contribution in [0.3, 0.4) is 0 Å². The lowest BCUT2D eigenvalue weighted by Crippen LogP contribution is -2.82. The van der Waals surface area contributed by atoms with Crippen LogP contribution < -0.4 is 0 Å². The average Bonchev–Trinajstić information content (AvgIpc) is 2.32. The maximum atomic E-state index is 14.3. The van der Waals surface area contributed by atoms with E-state index in [1.807, 2.05) is 34.6 Å². The summed E-state index contributed by atoms with van der Waals surface area (Å²) < 4.78 is 0. The molecule has 0 spiro atoms. The van der Waals surface area contributed by atoms with E-state index in [4.69, 9.17) is 0 Å². The van der Waals surface area contributed by atoms with Gasteiger partial charge in [0, 0.05) is 11.0 Å². The van der Waals surface area contributed by atoms with Gasteiger partial charge in [-0.15, -0.1) is 0 Å². The molecule has 0 aliphatic rings. The molecule has 0 amide bonds. The van der Waals surface area contributed by atoms with Gasteiger partial charge in [-0.1, -0.05) is 77.7 Å². The summed E-state index contributed by atoms with van der Waals surface area (Å²) in [6, 6.07) is 4.19. The average molecular weight is 407 g/mol. The summed E-state index contributed by atoms with van der Waals surface area (Å²) in [6.07, 6.45) is 0. The Morgan fingerprint density at radius 1 is 0.769 bits per heavy atom. The Hall–Kier alpha value is -0.789. The first kappa shape index (κ1) is 23.3. The zero-order valence-electron chi connectivity index (χ0n) is 19.0. The molecule has 146 valence electrons. The summed E-state index contributed by atoms with van der Waals surface area (Å²) in [6.45, 7) is 25.7. The summed E-state index contributed by atoms with van der Waals surface area (Å²) in [7, 11) is -6.96. The highest BCUT2D eigenvalue weighted by Crippen LogP contribution is 2.39. The van der Waals surface area contributed by atoms with Crippen molar-refractivity contribution in [2.45, 2.75) is 80.8 Å². The lowest BCUT2D eigenvalue weighted by molar-refractivity contribution is -0.118. The van der Waals surface area contributed by atoms with Crippen molar-refractivity contribution in [2.24, 2.45) is 5.41 Å². The van der Waals surface area contributed by atoms with E-state index in [1.54, 1.807) is 0 Å². The van der Waals surface area contributed by atoms with Crippen molar-refractivity contribution in [3.05, 3.63) is 34.4 Å². The molecule has 0 atom stereocenters. The molecule has 1 rings (SSSR count). The predicted molar refractivity (Wildman–Crippen MR) is 122 cm³/mol. The third kappa shape index (κ3) is 3.76. The molecule has 0 N–H and O–H groups in total. The second-order valence-electron chi connectivity index (χ2n) is 10.9. The standard InChI is InChI=1S/C21H38O2Si3/c1-15-13-16(2)18(17(3)14-15)19(22)26(24(7,8)9,25(10,11)12)20(23)21(4,5)6/h13-14H,1-12H3. The van der Waals surface area contributed by atoms with Crippen LogP contribution in [-0.4, -0.2) is 33.1 Å². The van der Waals surface area contributed by atoms with Crippen molar-refractivity contribution in [1.82, 2.24) is 0 Å². The van der Waals surface area contributed by atoms with E-state index in [-0.39, 0.29) is 10.8 Å².